The summed E-state index contributed by atoms with van der Waals surface area (Å²) in [5, 5.41) is 2.67. The Morgan fingerprint density at radius 3 is 2.05 bits per heavy atom. The topological polar surface area (TPSA) is 90.0 Å². The fourth-order valence-electron chi connectivity index (χ4n) is 5.30. The Morgan fingerprint density at radius 1 is 0.918 bits per heavy atom. The molecule has 1 amide bonds. The fourth-order valence-corrected chi connectivity index (χ4v) is 8.07. The van der Waals surface area contributed by atoms with Gasteiger partial charge in [0.1, 0.15) is 34.5 Å². The van der Waals surface area contributed by atoms with Gasteiger partial charge in [0.25, 0.3) is 5.92 Å². The summed E-state index contributed by atoms with van der Waals surface area (Å²) in [6, 6.07) is 21.2. The number of thiazole rings is 1. The number of amides is 1. The van der Waals surface area contributed by atoms with Gasteiger partial charge in [0.15, 0.2) is 0 Å². The molecule has 1 N–H and O–H groups in total. The predicted octanol–water partition coefficient (Wildman–Crippen LogP) is 12.6. The number of aromatic nitrogens is 1. The first kappa shape index (κ1) is 51.5. The molecule has 0 saturated carbocycles. The number of benzene rings is 3. The first-order chi connectivity index (χ1) is 28.7. The van der Waals surface area contributed by atoms with Crippen molar-refractivity contribution >= 4 is 44.7 Å². The van der Waals surface area contributed by atoms with Crippen LogP contribution in [-0.4, -0.2) is 76.3 Å². The van der Waals surface area contributed by atoms with Crippen molar-refractivity contribution in [3.8, 4) is 21.8 Å². The molecule has 1 aromatic heterocycles. The zero-order chi connectivity index (χ0) is 45.4. The number of hydrogen-bond donors (Lipinski definition) is 1. The molecule has 336 valence electrons. The number of nitrogens with one attached hydrogen (secondary N) is 1. The van der Waals surface area contributed by atoms with E-state index in [9.17, 15) is 17.8 Å². The Hall–Kier alpha value is -3.88. The molecule has 1 aliphatic rings. The first-order valence-corrected chi connectivity index (χ1v) is 25.0. The summed E-state index contributed by atoms with van der Waals surface area (Å²) < 4.78 is 61.1. The second kappa shape index (κ2) is 23.5. The number of rotatable bonds is 17. The first-order valence-electron chi connectivity index (χ1n) is 20.6. The van der Waals surface area contributed by atoms with Gasteiger partial charge in [-0.15, -0.1) is 21.6 Å². The SMILES string of the molecule is CC.CC(F)(F)c1ccc(-c2csc(-c3ccc(S(=O)Nc4ccc(CCN(C=O)CC(COC5=CCCC=C5)OS(C)(C)C(C)(C)C)cc4)cc3)n2)cc1.COC(C)(C)C. The molecule has 2 unspecified atom stereocenters. The van der Waals surface area contributed by atoms with Crippen LogP contribution in [0.5, 0.6) is 0 Å². The van der Waals surface area contributed by atoms with Gasteiger partial charge in [-0.25, -0.2) is 18.0 Å². The zero-order valence-electron chi connectivity index (χ0n) is 38.1. The van der Waals surface area contributed by atoms with E-state index in [2.05, 4.69) is 55.1 Å². The molecule has 61 heavy (non-hydrogen) atoms. The number of nitrogens with zero attached hydrogens (tertiary/aromatic N) is 2. The van der Waals surface area contributed by atoms with Crippen LogP contribution in [0.4, 0.5) is 14.5 Å². The number of carbonyl (C=O) groups excluding carboxylic acids is 1. The molecular weight excluding hydrogens is 833 g/mol. The van der Waals surface area contributed by atoms with Crippen LogP contribution >= 0.6 is 21.6 Å². The van der Waals surface area contributed by atoms with Crippen molar-refractivity contribution < 1.29 is 31.4 Å². The normalized spacial score (nSPS) is 14.3. The molecule has 0 radical (unpaired) electrons. The monoisotopic (exact) mass is 899 g/mol. The van der Waals surface area contributed by atoms with Crippen molar-refractivity contribution in [2.75, 3.05) is 44.0 Å². The van der Waals surface area contributed by atoms with Gasteiger partial charge in [0, 0.05) is 53.1 Å². The number of halogens is 2. The highest BCUT2D eigenvalue weighted by molar-refractivity contribution is 8.29. The maximum Gasteiger partial charge on any atom is 0.270 e. The van der Waals surface area contributed by atoms with Crippen molar-refractivity contribution in [3.63, 3.8) is 0 Å². The van der Waals surface area contributed by atoms with Gasteiger partial charge < -0.3 is 23.3 Å². The highest BCUT2D eigenvalue weighted by atomic mass is 32.3. The van der Waals surface area contributed by atoms with E-state index in [4.69, 9.17) is 13.7 Å². The Bertz CT molecular complexity index is 2010. The van der Waals surface area contributed by atoms with E-state index >= 15 is 0 Å². The minimum Gasteiger partial charge on any atom is -0.491 e. The molecule has 1 heterocycles. The van der Waals surface area contributed by atoms with E-state index in [0.717, 1.165) is 53.6 Å². The Kier molecular flexibility index (Phi) is 19.9. The summed E-state index contributed by atoms with van der Waals surface area (Å²) in [6.07, 6.45) is 13.7. The molecule has 5 rings (SSSR count). The number of ether oxygens (including phenoxy) is 2. The lowest BCUT2D eigenvalue weighted by molar-refractivity contribution is -0.119. The van der Waals surface area contributed by atoms with Crippen LogP contribution in [0.1, 0.15) is 86.3 Å². The lowest BCUT2D eigenvalue weighted by Crippen LogP contribution is -2.39. The Labute approximate surface area is 372 Å². The van der Waals surface area contributed by atoms with E-state index < -0.39 is 27.2 Å². The van der Waals surface area contributed by atoms with E-state index in [1.54, 1.807) is 36.3 Å². The molecule has 0 aliphatic heterocycles. The minimum atomic E-state index is -2.89. The number of anilines is 1. The van der Waals surface area contributed by atoms with Crippen LogP contribution in [0.2, 0.25) is 0 Å². The molecule has 0 fully saturated rings. The lowest BCUT2D eigenvalue weighted by Gasteiger charge is -2.46. The summed E-state index contributed by atoms with van der Waals surface area (Å²) in [5.41, 5.74) is 4.11. The molecule has 13 heteroatoms. The van der Waals surface area contributed by atoms with E-state index in [1.807, 2.05) is 82.5 Å². The quantitative estimate of drug-likeness (QED) is 0.106. The van der Waals surface area contributed by atoms with Crippen LogP contribution in [0.3, 0.4) is 0 Å². The number of allylic oxidation sites excluding steroid dienone is 3. The predicted molar refractivity (Wildman–Crippen MR) is 255 cm³/mol. The van der Waals surface area contributed by atoms with Crippen molar-refractivity contribution in [1.82, 2.24) is 9.88 Å². The molecule has 0 spiro atoms. The van der Waals surface area contributed by atoms with Crippen LogP contribution in [0.15, 0.2) is 107 Å². The van der Waals surface area contributed by atoms with E-state index in [1.165, 1.54) is 23.5 Å². The van der Waals surface area contributed by atoms with Gasteiger partial charge in [-0.05, 0) is 94.5 Å². The van der Waals surface area contributed by atoms with E-state index in [-0.39, 0.29) is 22.0 Å². The smallest absolute Gasteiger partial charge is 0.270 e. The molecule has 0 bridgehead atoms. The van der Waals surface area contributed by atoms with Gasteiger partial charge in [0.2, 0.25) is 6.41 Å². The van der Waals surface area contributed by atoms with Gasteiger partial charge in [-0.3, -0.25) is 4.79 Å². The molecule has 0 saturated heterocycles. The molecule has 4 aromatic rings. The molecule has 8 nitrogen and oxygen atoms in total. The second-order valence-electron chi connectivity index (χ2n) is 16.7. The Morgan fingerprint density at radius 2 is 1.52 bits per heavy atom. The maximum atomic E-state index is 13.6. The standard InChI is InChI=1S/C41H49F2N3O4S3.C5H12O.C2H6/c1-40(2,3)53(5,6)50-36(27-49-35-10-8-7-9-11-35)26-46(29-47)25-24-30-12-20-34(21-13-30)45-52(48)37-22-16-32(17-23-37)39-44-38(28-51-39)31-14-18-33(19-15-31)41(4,42)43;1-5(2,3)6-4;1-2/h8,10-23,28-29,36,45H,7,9,24-27H2,1-6H3;1-4H3;1-2H3. The summed E-state index contributed by atoms with van der Waals surface area (Å²) in [4.78, 5) is 19.2. The lowest BCUT2D eigenvalue weighted by atomic mass is 10.1. The Balaban J connectivity index is 0.00000114. The third-order valence-electron chi connectivity index (χ3n) is 9.81. The van der Waals surface area contributed by atoms with Crippen molar-refractivity contribution in [1.29, 1.82) is 0 Å². The van der Waals surface area contributed by atoms with Gasteiger partial charge in [-0.2, -0.15) is 0 Å². The average Bonchev–Trinajstić information content (AvgIpc) is 3.73. The summed E-state index contributed by atoms with van der Waals surface area (Å²) >= 11 is 1.46. The minimum absolute atomic E-state index is 0.0339. The molecule has 2 atom stereocenters. The van der Waals surface area contributed by atoms with Crippen molar-refractivity contribution in [2.24, 2.45) is 0 Å². The third-order valence-corrected chi connectivity index (χ3v) is 15.5. The summed E-state index contributed by atoms with van der Waals surface area (Å²) in [6.45, 7) is 18.8. The van der Waals surface area contributed by atoms with Crippen LogP contribution in [0, 0.1) is 0 Å². The van der Waals surface area contributed by atoms with E-state index in [0.29, 0.717) is 42.4 Å². The average molecular weight is 900 g/mol. The fraction of sp³-hybridized carbons (Fsp3) is 0.458. The number of methoxy groups -OCH3 is 1. The summed E-state index contributed by atoms with van der Waals surface area (Å²) in [7, 11) is -1.23. The van der Waals surface area contributed by atoms with Crippen LogP contribution < -0.4 is 4.72 Å². The largest absolute Gasteiger partial charge is 0.491 e. The maximum absolute atomic E-state index is 13.6. The van der Waals surface area contributed by atoms with Crippen molar-refractivity contribution in [2.45, 2.75) is 109 Å². The third kappa shape index (κ3) is 17.1. The second-order valence-corrected chi connectivity index (χ2v) is 22.7. The van der Waals surface area contributed by atoms with Crippen LogP contribution in [0.25, 0.3) is 21.8 Å². The van der Waals surface area contributed by atoms with Gasteiger partial charge in [0.05, 0.1) is 22.7 Å². The van der Waals surface area contributed by atoms with Gasteiger partial charge in [-0.1, -0.05) is 89.2 Å². The molecule has 3 aromatic carbocycles. The molecular formula is C48H67F2N3O5S3. The number of carbonyl (C=O) groups is 1. The van der Waals surface area contributed by atoms with Gasteiger partial charge >= 0.3 is 0 Å². The molecule has 1 aliphatic carbocycles. The number of hydrogen-bond acceptors (Lipinski definition) is 7. The van der Waals surface area contributed by atoms with Crippen LogP contribution in [-0.2, 0) is 41.8 Å². The summed E-state index contributed by atoms with van der Waals surface area (Å²) in [5.74, 6) is -2.04. The number of alkyl halides is 2. The zero-order valence-corrected chi connectivity index (χ0v) is 40.5. The van der Waals surface area contributed by atoms with Crippen molar-refractivity contribution in [3.05, 3.63) is 113 Å². The highest BCUT2D eigenvalue weighted by Gasteiger charge is 2.32. The highest BCUT2D eigenvalue weighted by Crippen LogP contribution is 2.54.